The van der Waals surface area contributed by atoms with Crippen molar-refractivity contribution in [3.63, 3.8) is 0 Å². The minimum atomic E-state index is -0.100. The first-order chi connectivity index (χ1) is 12.1. The highest BCUT2D eigenvalue weighted by Gasteiger charge is 2.16. The van der Waals surface area contributed by atoms with E-state index in [1.54, 1.807) is 37.3 Å². The minimum Gasteiger partial charge on any atom is -0.493 e. The summed E-state index contributed by atoms with van der Waals surface area (Å²) < 4.78 is 10.8. The predicted octanol–water partition coefficient (Wildman–Crippen LogP) is 4.52. The molecule has 0 fully saturated rings. The quantitative estimate of drug-likeness (QED) is 0.688. The molecule has 0 radical (unpaired) electrons. The van der Waals surface area contributed by atoms with Gasteiger partial charge >= 0.3 is 0 Å². The normalized spacial score (nSPS) is 10.5. The Labute approximate surface area is 147 Å². The molecule has 1 amide bonds. The van der Waals surface area contributed by atoms with Crippen molar-refractivity contribution in [1.29, 1.82) is 0 Å². The number of rotatable bonds is 5. The van der Waals surface area contributed by atoms with E-state index >= 15 is 0 Å². The summed E-state index contributed by atoms with van der Waals surface area (Å²) in [5.41, 5.74) is 1.40. The second kappa shape index (κ2) is 7.26. The second-order valence-electron chi connectivity index (χ2n) is 5.69. The Bertz CT molecular complexity index is 905. The molecule has 0 aliphatic rings. The summed E-state index contributed by atoms with van der Waals surface area (Å²) in [6.45, 7) is 2.45. The van der Waals surface area contributed by atoms with Crippen LogP contribution in [0, 0.1) is 0 Å². The van der Waals surface area contributed by atoms with Crippen LogP contribution in [-0.4, -0.2) is 26.7 Å². The molecule has 0 unspecified atom stereocenters. The molecule has 0 saturated carbocycles. The molecule has 4 nitrogen and oxygen atoms in total. The van der Waals surface area contributed by atoms with Crippen molar-refractivity contribution in [2.75, 3.05) is 25.7 Å². The fourth-order valence-electron chi connectivity index (χ4n) is 2.77. The maximum atomic E-state index is 12.8. The van der Waals surface area contributed by atoms with Crippen molar-refractivity contribution >= 4 is 22.4 Å². The second-order valence-corrected chi connectivity index (χ2v) is 5.69. The molecule has 0 spiro atoms. The topological polar surface area (TPSA) is 38.8 Å². The smallest absolute Gasteiger partial charge is 0.258 e. The predicted molar refractivity (Wildman–Crippen MR) is 101 cm³/mol. The Morgan fingerprint density at radius 1 is 0.960 bits per heavy atom. The maximum absolute atomic E-state index is 12.8. The zero-order chi connectivity index (χ0) is 17.8. The zero-order valence-corrected chi connectivity index (χ0v) is 14.7. The molecule has 0 aliphatic carbocycles. The van der Waals surface area contributed by atoms with Crippen molar-refractivity contribution in [2.45, 2.75) is 6.92 Å². The first-order valence-electron chi connectivity index (χ1n) is 8.21. The molecule has 0 aromatic heterocycles. The van der Waals surface area contributed by atoms with E-state index in [4.69, 9.17) is 9.47 Å². The van der Waals surface area contributed by atoms with Gasteiger partial charge in [-0.3, -0.25) is 4.79 Å². The van der Waals surface area contributed by atoms with Crippen LogP contribution >= 0.6 is 0 Å². The average molecular weight is 335 g/mol. The molecule has 0 aliphatic heterocycles. The SMILES string of the molecule is CCOc1ccc(C(=O)N(C)c2ccc3ccccc3c2)cc1OC. The summed E-state index contributed by atoms with van der Waals surface area (Å²) in [6, 6.07) is 19.3. The molecule has 0 saturated heterocycles. The van der Waals surface area contributed by atoms with E-state index < -0.39 is 0 Å². The van der Waals surface area contributed by atoms with Gasteiger partial charge in [0.15, 0.2) is 11.5 Å². The number of amides is 1. The Balaban J connectivity index is 1.90. The third-order valence-corrected chi connectivity index (χ3v) is 4.14. The number of hydrogen-bond acceptors (Lipinski definition) is 3. The largest absolute Gasteiger partial charge is 0.493 e. The highest BCUT2D eigenvalue weighted by molar-refractivity contribution is 6.07. The summed E-state index contributed by atoms with van der Waals surface area (Å²) in [4.78, 5) is 14.5. The molecular weight excluding hydrogens is 314 g/mol. The van der Waals surface area contributed by atoms with Crippen molar-refractivity contribution in [3.05, 3.63) is 66.2 Å². The fourth-order valence-corrected chi connectivity index (χ4v) is 2.77. The van der Waals surface area contributed by atoms with Crippen molar-refractivity contribution in [2.24, 2.45) is 0 Å². The third-order valence-electron chi connectivity index (χ3n) is 4.14. The first kappa shape index (κ1) is 16.8. The van der Waals surface area contributed by atoms with Gasteiger partial charge in [-0.1, -0.05) is 30.3 Å². The zero-order valence-electron chi connectivity index (χ0n) is 14.7. The van der Waals surface area contributed by atoms with Crippen LogP contribution in [0.2, 0.25) is 0 Å². The number of benzene rings is 3. The van der Waals surface area contributed by atoms with Crippen LogP contribution in [0.25, 0.3) is 10.8 Å². The number of nitrogens with zero attached hydrogens (tertiary/aromatic N) is 1. The van der Waals surface area contributed by atoms with E-state index in [2.05, 4.69) is 6.07 Å². The van der Waals surface area contributed by atoms with Gasteiger partial charge in [-0.15, -0.1) is 0 Å². The fraction of sp³-hybridized carbons (Fsp3) is 0.190. The van der Waals surface area contributed by atoms with E-state index in [1.807, 2.05) is 43.3 Å². The summed E-state index contributed by atoms with van der Waals surface area (Å²) in [5, 5.41) is 2.25. The van der Waals surface area contributed by atoms with E-state index in [1.165, 1.54) is 0 Å². The van der Waals surface area contributed by atoms with Crippen LogP contribution in [0.4, 0.5) is 5.69 Å². The number of methoxy groups -OCH3 is 1. The lowest BCUT2D eigenvalue weighted by molar-refractivity contribution is 0.0992. The van der Waals surface area contributed by atoms with Crippen LogP contribution in [-0.2, 0) is 0 Å². The molecule has 3 rings (SSSR count). The van der Waals surface area contributed by atoms with Gasteiger partial charge < -0.3 is 14.4 Å². The molecule has 0 bridgehead atoms. The molecule has 0 atom stereocenters. The molecule has 3 aromatic rings. The Morgan fingerprint density at radius 2 is 1.72 bits per heavy atom. The van der Waals surface area contributed by atoms with E-state index in [0.717, 1.165) is 16.5 Å². The minimum absolute atomic E-state index is 0.100. The van der Waals surface area contributed by atoms with Gasteiger partial charge in [-0.25, -0.2) is 0 Å². The van der Waals surface area contributed by atoms with Crippen LogP contribution in [0.3, 0.4) is 0 Å². The lowest BCUT2D eigenvalue weighted by Crippen LogP contribution is -2.26. The lowest BCUT2D eigenvalue weighted by atomic mass is 10.1. The molecule has 25 heavy (non-hydrogen) atoms. The van der Waals surface area contributed by atoms with Crippen LogP contribution in [0.5, 0.6) is 11.5 Å². The van der Waals surface area contributed by atoms with Gasteiger partial charge in [-0.05, 0) is 48.0 Å². The van der Waals surface area contributed by atoms with Crippen molar-refractivity contribution in [3.8, 4) is 11.5 Å². The number of hydrogen-bond donors (Lipinski definition) is 0. The summed E-state index contributed by atoms with van der Waals surface area (Å²) >= 11 is 0. The number of carbonyl (C=O) groups is 1. The van der Waals surface area contributed by atoms with Crippen LogP contribution < -0.4 is 14.4 Å². The van der Waals surface area contributed by atoms with Crippen LogP contribution in [0.1, 0.15) is 17.3 Å². The standard InChI is InChI=1S/C21H21NO3/c1-4-25-19-12-10-17(14-20(19)24-3)21(23)22(2)18-11-9-15-7-5-6-8-16(15)13-18/h5-14H,4H2,1-3H3. The molecule has 3 aromatic carbocycles. The van der Waals surface area contributed by atoms with Gasteiger partial charge in [0.05, 0.1) is 13.7 Å². The molecule has 128 valence electrons. The Hall–Kier alpha value is -3.01. The van der Waals surface area contributed by atoms with Gasteiger partial charge in [0, 0.05) is 18.3 Å². The van der Waals surface area contributed by atoms with Gasteiger partial charge in [0.25, 0.3) is 5.91 Å². The Morgan fingerprint density at radius 3 is 2.44 bits per heavy atom. The summed E-state index contributed by atoms with van der Waals surface area (Å²) in [5.74, 6) is 1.09. The Kier molecular flexibility index (Phi) is 4.89. The van der Waals surface area contributed by atoms with E-state index in [9.17, 15) is 4.79 Å². The highest BCUT2D eigenvalue weighted by Crippen LogP contribution is 2.29. The average Bonchev–Trinajstić information content (AvgIpc) is 2.67. The van der Waals surface area contributed by atoms with E-state index in [-0.39, 0.29) is 5.91 Å². The van der Waals surface area contributed by atoms with Gasteiger partial charge in [0.2, 0.25) is 0 Å². The number of fused-ring (bicyclic) bond motifs is 1. The molecule has 0 heterocycles. The highest BCUT2D eigenvalue weighted by atomic mass is 16.5. The maximum Gasteiger partial charge on any atom is 0.258 e. The van der Waals surface area contributed by atoms with Gasteiger partial charge in [-0.2, -0.15) is 0 Å². The summed E-state index contributed by atoms with van der Waals surface area (Å²) in [6.07, 6.45) is 0. The van der Waals surface area contributed by atoms with Crippen LogP contribution in [0.15, 0.2) is 60.7 Å². The lowest BCUT2D eigenvalue weighted by Gasteiger charge is -2.19. The van der Waals surface area contributed by atoms with Crippen molar-refractivity contribution < 1.29 is 14.3 Å². The monoisotopic (exact) mass is 335 g/mol. The van der Waals surface area contributed by atoms with Gasteiger partial charge in [0.1, 0.15) is 0 Å². The molecule has 4 heteroatoms. The molecular formula is C21H21NO3. The third kappa shape index (κ3) is 3.43. The number of carbonyl (C=O) groups excluding carboxylic acids is 1. The summed E-state index contributed by atoms with van der Waals surface area (Å²) in [7, 11) is 3.34. The first-order valence-corrected chi connectivity index (χ1v) is 8.21. The van der Waals surface area contributed by atoms with E-state index in [0.29, 0.717) is 23.7 Å². The van der Waals surface area contributed by atoms with Crippen molar-refractivity contribution in [1.82, 2.24) is 0 Å². The number of anilines is 1. The molecule has 0 N–H and O–H groups in total. The number of ether oxygens (including phenoxy) is 2.